The largest absolute Gasteiger partial charge is 0.497 e. The number of nitrogens with zero attached hydrogens (tertiary/aromatic N) is 1. The number of amides is 1. The fraction of sp³-hybridized carbons (Fsp3) is 0.533. The Morgan fingerprint density at radius 1 is 1.40 bits per heavy atom. The maximum Gasteiger partial charge on any atom is 0.238 e. The normalized spacial score (nSPS) is 21.1. The number of benzene rings is 1. The van der Waals surface area contributed by atoms with Crippen molar-refractivity contribution in [2.75, 3.05) is 32.1 Å². The van der Waals surface area contributed by atoms with E-state index in [0.717, 1.165) is 24.5 Å². The maximum absolute atomic E-state index is 11.9. The Labute approximate surface area is 119 Å². The number of ether oxygens (including phenoxy) is 1. The van der Waals surface area contributed by atoms with E-state index in [4.69, 9.17) is 10.5 Å². The molecule has 1 saturated carbocycles. The van der Waals surface area contributed by atoms with E-state index in [1.807, 2.05) is 24.3 Å². The predicted octanol–water partition coefficient (Wildman–Crippen LogP) is 1.06. The first-order valence-corrected chi connectivity index (χ1v) is 7.04. The van der Waals surface area contributed by atoms with Crippen LogP contribution in [0.5, 0.6) is 5.75 Å². The van der Waals surface area contributed by atoms with Crippen LogP contribution in [0.2, 0.25) is 0 Å². The number of carbonyl (C=O) groups excluding carboxylic acids is 1. The van der Waals surface area contributed by atoms with E-state index in [2.05, 4.69) is 10.2 Å². The number of nitrogens with one attached hydrogen (secondary N) is 1. The lowest BCUT2D eigenvalue weighted by Gasteiger charge is -2.48. The Morgan fingerprint density at radius 2 is 2.05 bits per heavy atom. The van der Waals surface area contributed by atoms with Crippen LogP contribution >= 0.6 is 0 Å². The van der Waals surface area contributed by atoms with Crippen molar-refractivity contribution in [3.05, 3.63) is 24.3 Å². The molecule has 3 rings (SSSR count). The summed E-state index contributed by atoms with van der Waals surface area (Å²) in [4.78, 5) is 14.1. The molecule has 1 aromatic carbocycles. The molecule has 1 aromatic rings. The number of carbonyl (C=O) groups is 1. The molecule has 1 heterocycles. The van der Waals surface area contributed by atoms with E-state index in [0.29, 0.717) is 12.5 Å². The summed E-state index contributed by atoms with van der Waals surface area (Å²) in [6.45, 7) is 2.10. The van der Waals surface area contributed by atoms with Crippen LogP contribution in [-0.2, 0) is 4.79 Å². The molecule has 2 aliphatic rings. The summed E-state index contributed by atoms with van der Waals surface area (Å²) in [7, 11) is 1.62. The monoisotopic (exact) mass is 275 g/mol. The summed E-state index contributed by atoms with van der Waals surface area (Å²) >= 11 is 0. The second kappa shape index (κ2) is 5.07. The first-order chi connectivity index (χ1) is 9.59. The zero-order valence-corrected chi connectivity index (χ0v) is 11.8. The van der Waals surface area contributed by atoms with E-state index in [1.54, 1.807) is 7.11 Å². The smallest absolute Gasteiger partial charge is 0.238 e. The summed E-state index contributed by atoms with van der Waals surface area (Å²) in [5.74, 6) is 1.47. The van der Waals surface area contributed by atoms with Crippen LogP contribution in [-0.4, -0.2) is 43.1 Å². The summed E-state index contributed by atoms with van der Waals surface area (Å²) in [6, 6.07) is 7.34. The minimum absolute atomic E-state index is 0.00742. The van der Waals surface area contributed by atoms with Crippen molar-refractivity contribution in [3.63, 3.8) is 0 Å². The molecular weight excluding hydrogens is 254 g/mol. The molecule has 0 radical (unpaired) electrons. The van der Waals surface area contributed by atoms with Crippen molar-refractivity contribution in [2.24, 2.45) is 11.7 Å². The van der Waals surface area contributed by atoms with Crippen molar-refractivity contribution < 1.29 is 9.53 Å². The Balaban J connectivity index is 1.45. The average molecular weight is 275 g/mol. The highest BCUT2D eigenvalue weighted by molar-refractivity contribution is 5.92. The van der Waals surface area contributed by atoms with E-state index in [9.17, 15) is 4.79 Å². The molecule has 2 fully saturated rings. The van der Waals surface area contributed by atoms with E-state index < -0.39 is 0 Å². The molecule has 5 nitrogen and oxygen atoms in total. The van der Waals surface area contributed by atoms with Crippen molar-refractivity contribution >= 4 is 11.6 Å². The van der Waals surface area contributed by atoms with Gasteiger partial charge in [-0.05, 0) is 43.0 Å². The molecule has 1 saturated heterocycles. The van der Waals surface area contributed by atoms with Gasteiger partial charge in [0.1, 0.15) is 5.75 Å². The lowest BCUT2D eigenvalue weighted by atomic mass is 9.86. The third-order valence-corrected chi connectivity index (χ3v) is 4.17. The first-order valence-electron chi connectivity index (χ1n) is 7.04. The zero-order chi connectivity index (χ0) is 14.2. The molecule has 1 amide bonds. The molecule has 5 heteroatoms. The van der Waals surface area contributed by atoms with Crippen LogP contribution in [0.3, 0.4) is 0 Å². The van der Waals surface area contributed by atoms with Crippen LogP contribution in [0.15, 0.2) is 24.3 Å². The molecular formula is C15H21N3O2. The second-order valence-electron chi connectivity index (χ2n) is 5.93. The SMILES string of the molecule is COc1ccc(NC(=O)CN2CC(N)(C3CC3)C2)cc1. The van der Waals surface area contributed by atoms with Crippen LogP contribution in [0.4, 0.5) is 5.69 Å². The van der Waals surface area contributed by atoms with E-state index >= 15 is 0 Å². The van der Waals surface area contributed by atoms with Gasteiger partial charge in [-0.25, -0.2) is 0 Å². The molecule has 1 aliphatic carbocycles. The van der Waals surface area contributed by atoms with Gasteiger partial charge in [0.25, 0.3) is 0 Å². The first kappa shape index (κ1) is 13.4. The summed E-state index contributed by atoms with van der Waals surface area (Å²) in [5.41, 5.74) is 7.03. The molecule has 0 atom stereocenters. The Morgan fingerprint density at radius 3 is 2.60 bits per heavy atom. The van der Waals surface area contributed by atoms with Gasteiger partial charge in [-0.1, -0.05) is 0 Å². The summed E-state index contributed by atoms with van der Waals surface area (Å²) in [6.07, 6.45) is 2.50. The van der Waals surface area contributed by atoms with Crippen LogP contribution < -0.4 is 15.8 Å². The topological polar surface area (TPSA) is 67.6 Å². The van der Waals surface area contributed by atoms with Gasteiger partial charge in [0.15, 0.2) is 0 Å². The Bertz CT molecular complexity index is 490. The lowest BCUT2D eigenvalue weighted by Crippen LogP contribution is -2.69. The fourth-order valence-corrected chi connectivity index (χ4v) is 2.89. The van der Waals surface area contributed by atoms with Crippen molar-refractivity contribution in [3.8, 4) is 5.75 Å². The molecule has 3 N–H and O–H groups in total. The predicted molar refractivity (Wildman–Crippen MR) is 77.7 cm³/mol. The van der Waals surface area contributed by atoms with Crippen molar-refractivity contribution in [1.29, 1.82) is 0 Å². The number of nitrogens with two attached hydrogens (primary N) is 1. The quantitative estimate of drug-likeness (QED) is 0.843. The molecule has 1 aliphatic heterocycles. The van der Waals surface area contributed by atoms with Gasteiger partial charge in [0, 0.05) is 24.3 Å². The minimum atomic E-state index is -0.0274. The van der Waals surface area contributed by atoms with Gasteiger partial charge < -0.3 is 15.8 Å². The number of hydrogen-bond acceptors (Lipinski definition) is 4. The Hall–Kier alpha value is -1.59. The highest BCUT2D eigenvalue weighted by Crippen LogP contribution is 2.42. The molecule has 0 spiro atoms. The van der Waals surface area contributed by atoms with Crippen LogP contribution in [0.25, 0.3) is 0 Å². The van der Waals surface area contributed by atoms with Crippen molar-refractivity contribution in [2.45, 2.75) is 18.4 Å². The number of rotatable bonds is 5. The van der Waals surface area contributed by atoms with Crippen LogP contribution in [0, 0.1) is 5.92 Å². The van der Waals surface area contributed by atoms with Gasteiger partial charge in [-0.3, -0.25) is 9.69 Å². The minimum Gasteiger partial charge on any atom is -0.497 e. The van der Waals surface area contributed by atoms with Gasteiger partial charge in [0.05, 0.1) is 13.7 Å². The third-order valence-electron chi connectivity index (χ3n) is 4.17. The summed E-state index contributed by atoms with van der Waals surface area (Å²) < 4.78 is 5.08. The highest BCUT2D eigenvalue weighted by Gasteiger charge is 2.50. The van der Waals surface area contributed by atoms with Gasteiger partial charge in [-0.15, -0.1) is 0 Å². The number of hydrogen-bond donors (Lipinski definition) is 2. The van der Waals surface area contributed by atoms with E-state index in [-0.39, 0.29) is 11.4 Å². The molecule has 0 unspecified atom stereocenters. The standard InChI is InChI=1S/C15H21N3O2/c1-20-13-6-4-12(5-7-13)17-14(19)8-18-9-15(16,10-18)11-2-3-11/h4-7,11H,2-3,8-10,16H2,1H3,(H,17,19). The maximum atomic E-state index is 11.9. The second-order valence-corrected chi connectivity index (χ2v) is 5.93. The van der Waals surface area contributed by atoms with Gasteiger partial charge in [-0.2, -0.15) is 0 Å². The van der Waals surface area contributed by atoms with Crippen molar-refractivity contribution in [1.82, 2.24) is 4.90 Å². The average Bonchev–Trinajstić information content (AvgIpc) is 3.22. The van der Waals surface area contributed by atoms with Gasteiger partial charge >= 0.3 is 0 Å². The summed E-state index contributed by atoms with van der Waals surface area (Å²) in [5, 5.41) is 2.89. The molecule has 0 aromatic heterocycles. The highest BCUT2D eigenvalue weighted by atomic mass is 16.5. The number of methoxy groups -OCH3 is 1. The number of likely N-dealkylation sites (tertiary alicyclic amines) is 1. The number of anilines is 1. The zero-order valence-electron chi connectivity index (χ0n) is 11.8. The Kier molecular flexibility index (Phi) is 3.40. The molecule has 0 bridgehead atoms. The van der Waals surface area contributed by atoms with E-state index in [1.165, 1.54) is 12.8 Å². The fourth-order valence-electron chi connectivity index (χ4n) is 2.89. The lowest BCUT2D eigenvalue weighted by molar-refractivity contribution is -0.119. The third kappa shape index (κ3) is 2.78. The van der Waals surface area contributed by atoms with Gasteiger partial charge in [0.2, 0.25) is 5.91 Å². The van der Waals surface area contributed by atoms with Crippen LogP contribution in [0.1, 0.15) is 12.8 Å². The molecule has 20 heavy (non-hydrogen) atoms. The molecule has 108 valence electrons.